The van der Waals surface area contributed by atoms with E-state index in [1.54, 1.807) is 18.5 Å². The largest absolute Gasteiger partial charge is 0.392 e. The second-order valence-electron chi connectivity index (χ2n) is 4.49. The smallest absolute Gasteiger partial charge is 0.123 e. The van der Waals surface area contributed by atoms with E-state index < -0.39 is 6.10 Å². The van der Waals surface area contributed by atoms with Crippen molar-refractivity contribution in [2.45, 2.75) is 25.9 Å². The Morgan fingerprint density at radius 3 is 2.56 bits per heavy atom. The summed E-state index contributed by atoms with van der Waals surface area (Å²) in [6.07, 6.45) is 4.08. The van der Waals surface area contributed by atoms with Crippen molar-refractivity contribution in [2.24, 2.45) is 0 Å². The minimum Gasteiger partial charge on any atom is -0.392 e. The van der Waals surface area contributed by atoms with Gasteiger partial charge in [-0.15, -0.1) is 0 Å². The van der Waals surface area contributed by atoms with Crippen LogP contribution < -0.4 is 0 Å². The second kappa shape index (κ2) is 5.74. The molecule has 0 bridgehead atoms. The third-order valence-electron chi connectivity index (χ3n) is 2.98. The van der Waals surface area contributed by atoms with E-state index in [2.05, 4.69) is 4.98 Å². The highest BCUT2D eigenvalue weighted by Crippen LogP contribution is 2.14. The first-order chi connectivity index (χ1) is 8.65. The molecule has 2 aromatic rings. The molecule has 1 N–H and O–H groups in total. The Morgan fingerprint density at radius 1 is 1.17 bits per heavy atom. The van der Waals surface area contributed by atoms with Gasteiger partial charge in [-0.25, -0.2) is 4.39 Å². The summed E-state index contributed by atoms with van der Waals surface area (Å²) >= 11 is 0. The van der Waals surface area contributed by atoms with Crippen LogP contribution in [0.1, 0.15) is 16.7 Å². The van der Waals surface area contributed by atoms with Gasteiger partial charge in [0.1, 0.15) is 5.82 Å². The lowest BCUT2D eigenvalue weighted by Gasteiger charge is -2.12. The van der Waals surface area contributed by atoms with Gasteiger partial charge in [0.05, 0.1) is 6.10 Å². The molecule has 0 aliphatic heterocycles. The molecule has 1 atom stereocenters. The van der Waals surface area contributed by atoms with Crippen molar-refractivity contribution >= 4 is 0 Å². The molecule has 0 radical (unpaired) electrons. The standard InChI is InChI=1S/C15H16FNO/c1-11-8-14(16)3-2-13(11)10-15(18)9-12-4-6-17-7-5-12/h2-8,15,18H,9-10H2,1H3. The maximum atomic E-state index is 13.0. The van der Waals surface area contributed by atoms with Gasteiger partial charge in [0, 0.05) is 12.4 Å². The van der Waals surface area contributed by atoms with Crippen molar-refractivity contribution in [1.29, 1.82) is 0 Å². The van der Waals surface area contributed by atoms with Crippen LogP contribution in [0.4, 0.5) is 4.39 Å². The van der Waals surface area contributed by atoms with Crippen molar-refractivity contribution in [3.8, 4) is 0 Å². The van der Waals surface area contributed by atoms with Crippen LogP contribution in [-0.2, 0) is 12.8 Å². The average molecular weight is 245 g/mol. The predicted molar refractivity (Wildman–Crippen MR) is 68.8 cm³/mol. The summed E-state index contributed by atoms with van der Waals surface area (Å²) in [5.74, 6) is -0.236. The Labute approximate surface area is 106 Å². The maximum Gasteiger partial charge on any atom is 0.123 e. The van der Waals surface area contributed by atoms with Crippen molar-refractivity contribution in [3.05, 3.63) is 65.2 Å². The topological polar surface area (TPSA) is 33.1 Å². The highest BCUT2D eigenvalue weighted by molar-refractivity contribution is 5.27. The zero-order valence-corrected chi connectivity index (χ0v) is 10.3. The number of rotatable bonds is 4. The minimum atomic E-state index is -0.462. The molecule has 18 heavy (non-hydrogen) atoms. The average Bonchev–Trinajstić information content (AvgIpc) is 2.34. The quantitative estimate of drug-likeness (QED) is 0.898. The fraction of sp³-hybridized carbons (Fsp3) is 0.267. The fourth-order valence-corrected chi connectivity index (χ4v) is 2.01. The van der Waals surface area contributed by atoms with E-state index in [-0.39, 0.29) is 5.82 Å². The van der Waals surface area contributed by atoms with Crippen molar-refractivity contribution in [2.75, 3.05) is 0 Å². The lowest BCUT2D eigenvalue weighted by molar-refractivity contribution is 0.175. The molecule has 1 unspecified atom stereocenters. The molecule has 1 heterocycles. The molecular formula is C15H16FNO. The molecule has 94 valence electrons. The Hall–Kier alpha value is -1.74. The number of aliphatic hydroxyl groups excluding tert-OH is 1. The fourth-order valence-electron chi connectivity index (χ4n) is 2.01. The Balaban J connectivity index is 2.01. The number of hydrogen-bond donors (Lipinski definition) is 1. The van der Waals surface area contributed by atoms with Crippen LogP contribution in [0.5, 0.6) is 0 Å². The normalized spacial score (nSPS) is 12.4. The molecule has 0 saturated heterocycles. The van der Waals surface area contributed by atoms with E-state index >= 15 is 0 Å². The van der Waals surface area contributed by atoms with Gasteiger partial charge in [-0.1, -0.05) is 6.07 Å². The molecule has 2 nitrogen and oxygen atoms in total. The Bertz CT molecular complexity index is 513. The summed E-state index contributed by atoms with van der Waals surface area (Å²) in [5.41, 5.74) is 2.92. The van der Waals surface area contributed by atoms with Crippen LogP contribution in [0.25, 0.3) is 0 Å². The monoisotopic (exact) mass is 245 g/mol. The second-order valence-corrected chi connectivity index (χ2v) is 4.49. The first kappa shape index (κ1) is 12.7. The van der Waals surface area contributed by atoms with Crippen molar-refractivity contribution < 1.29 is 9.50 Å². The molecule has 0 spiro atoms. The number of benzene rings is 1. The zero-order valence-electron chi connectivity index (χ0n) is 10.3. The van der Waals surface area contributed by atoms with Gasteiger partial charge in [0.15, 0.2) is 0 Å². The first-order valence-corrected chi connectivity index (χ1v) is 5.97. The number of aromatic nitrogens is 1. The van der Waals surface area contributed by atoms with E-state index in [0.29, 0.717) is 12.8 Å². The van der Waals surface area contributed by atoms with Gasteiger partial charge in [0.2, 0.25) is 0 Å². The SMILES string of the molecule is Cc1cc(F)ccc1CC(O)Cc1ccncc1. The molecule has 0 aliphatic carbocycles. The number of nitrogens with zero attached hydrogens (tertiary/aromatic N) is 1. The molecular weight excluding hydrogens is 229 g/mol. The first-order valence-electron chi connectivity index (χ1n) is 5.97. The molecule has 2 rings (SSSR count). The minimum absolute atomic E-state index is 0.236. The molecule has 1 aromatic carbocycles. The van der Waals surface area contributed by atoms with Gasteiger partial charge >= 0.3 is 0 Å². The highest BCUT2D eigenvalue weighted by Gasteiger charge is 2.09. The highest BCUT2D eigenvalue weighted by atomic mass is 19.1. The summed E-state index contributed by atoms with van der Waals surface area (Å²) in [4.78, 5) is 3.94. The van der Waals surface area contributed by atoms with Crippen LogP contribution in [0.2, 0.25) is 0 Å². The van der Waals surface area contributed by atoms with Gasteiger partial charge in [0.25, 0.3) is 0 Å². The van der Waals surface area contributed by atoms with E-state index in [1.807, 2.05) is 19.1 Å². The molecule has 1 aromatic heterocycles. The Kier molecular flexibility index (Phi) is 4.05. The van der Waals surface area contributed by atoms with Crippen LogP contribution in [0, 0.1) is 12.7 Å². The summed E-state index contributed by atoms with van der Waals surface area (Å²) in [6.45, 7) is 1.86. The third kappa shape index (κ3) is 3.37. The van der Waals surface area contributed by atoms with Gasteiger partial charge in [-0.3, -0.25) is 4.98 Å². The molecule has 0 saturated carbocycles. The maximum absolute atomic E-state index is 13.0. The van der Waals surface area contributed by atoms with E-state index in [0.717, 1.165) is 16.7 Å². The molecule has 3 heteroatoms. The predicted octanol–water partition coefficient (Wildman–Crippen LogP) is 2.68. The van der Waals surface area contributed by atoms with Crippen molar-refractivity contribution in [3.63, 3.8) is 0 Å². The van der Waals surface area contributed by atoms with Gasteiger partial charge in [-0.05, 0) is 60.7 Å². The number of hydrogen-bond acceptors (Lipinski definition) is 2. The van der Waals surface area contributed by atoms with Crippen LogP contribution >= 0.6 is 0 Å². The molecule has 0 fully saturated rings. The summed E-state index contributed by atoms with van der Waals surface area (Å²) in [6, 6.07) is 8.44. The van der Waals surface area contributed by atoms with E-state index in [4.69, 9.17) is 0 Å². The van der Waals surface area contributed by atoms with E-state index in [1.165, 1.54) is 12.1 Å². The lowest BCUT2D eigenvalue weighted by Crippen LogP contribution is -2.14. The molecule has 0 amide bonds. The van der Waals surface area contributed by atoms with Crippen molar-refractivity contribution in [1.82, 2.24) is 4.98 Å². The summed E-state index contributed by atoms with van der Waals surface area (Å²) < 4.78 is 13.0. The number of halogens is 1. The third-order valence-corrected chi connectivity index (χ3v) is 2.98. The van der Waals surface area contributed by atoms with E-state index in [9.17, 15) is 9.50 Å². The zero-order chi connectivity index (χ0) is 13.0. The van der Waals surface area contributed by atoms with Gasteiger partial charge < -0.3 is 5.11 Å². The number of aryl methyl sites for hydroxylation is 1. The van der Waals surface area contributed by atoms with Gasteiger partial charge in [-0.2, -0.15) is 0 Å². The number of pyridine rings is 1. The Morgan fingerprint density at radius 2 is 1.89 bits per heavy atom. The lowest BCUT2D eigenvalue weighted by atomic mass is 9.99. The molecule has 0 aliphatic rings. The summed E-state index contributed by atoms with van der Waals surface area (Å²) in [5, 5.41) is 10.0. The van der Waals surface area contributed by atoms with Crippen LogP contribution in [0.3, 0.4) is 0 Å². The van der Waals surface area contributed by atoms with Crippen LogP contribution in [-0.4, -0.2) is 16.2 Å². The summed E-state index contributed by atoms with van der Waals surface area (Å²) in [7, 11) is 0. The number of aliphatic hydroxyl groups is 1. The van der Waals surface area contributed by atoms with Crippen LogP contribution in [0.15, 0.2) is 42.7 Å².